The zero-order chi connectivity index (χ0) is 21.1. The molecule has 0 aromatic heterocycles. The summed E-state index contributed by atoms with van der Waals surface area (Å²) in [5.41, 5.74) is 0. The van der Waals surface area contributed by atoms with E-state index >= 15 is 0 Å². The molecule has 0 aromatic rings. The van der Waals surface area contributed by atoms with Gasteiger partial charge in [0.2, 0.25) is 0 Å². The second kappa shape index (κ2) is 30.7. The Morgan fingerprint density at radius 3 is 0.759 bits per heavy atom. The molecule has 29 heteroatoms. The van der Waals surface area contributed by atoms with Gasteiger partial charge in [-0.25, -0.2) is 0 Å². The molecule has 0 rings (SSSR count). The molecule has 0 aliphatic heterocycles. The van der Waals surface area contributed by atoms with Crippen LogP contribution in [-0.2, 0) is 57.6 Å². The van der Waals surface area contributed by atoms with E-state index in [1.807, 2.05) is 0 Å². The topological polar surface area (TPSA) is 129 Å². The van der Waals surface area contributed by atoms with Crippen LogP contribution in [0.4, 0.5) is 0 Å². The first kappa shape index (κ1) is 31.7. The van der Waals surface area contributed by atoms with Gasteiger partial charge in [0, 0.05) is 0 Å². The van der Waals surface area contributed by atoms with Gasteiger partial charge in [0.1, 0.15) is 10.5 Å². The molecule has 0 spiro atoms. The summed E-state index contributed by atoms with van der Waals surface area (Å²) >= 11 is 0. The van der Waals surface area contributed by atoms with Crippen molar-refractivity contribution in [2.45, 2.75) is 0 Å². The maximum atomic E-state index is 5.44. The summed E-state index contributed by atoms with van der Waals surface area (Å²) in [6, 6.07) is 0. The van der Waals surface area contributed by atoms with E-state index in [2.05, 4.69) is 0 Å². The van der Waals surface area contributed by atoms with Crippen LogP contribution in [0.2, 0.25) is 0 Å². The van der Waals surface area contributed by atoms with Crippen molar-refractivity contribution >= 4 is 151 Å². The smallest absolute Gasteiger partial charge is 0.286 e. The second-order valence-electron chi connectivity index (χ2n) is 4.47. The number of hydrogen-bond donors (Lipinski definition) is 0. The zero-order valence-electron chi connectivity index (χ0n) is 16.6. The number of hydrogen-bond acceptors (Lipinski definition) is 14. The highest BCUT2D eigenvalue weighted by molar-refractivity contribution is 6.50. The largest absolute Gasteiger partial charge is 0.449 e. The lowest BCUT2D eigenvalue weighted by atomic mass is 15.7. The summed E-state index contributed by atoms with van der Waals surface area (Å²) in [5, 5.41) is 0. The Hall–Kier alpha value is 2.69. The molecular formula is H31O14Si15. The van der Waals surface area contributed by atoms with Crippen LogP contribution in [-0.4, -0.2) is 151 Å². The molecule has 0 atom stereocenters. The first-order chi connectivity index (χ1) is 14.4. The van der Waals surface area contributed by atoms with Crippen molar-refractivity contribution in [3.05, 3.63) is 0 Å². The van der Waals surface area contributed by atoms with Crippen LogP contribution in [0.5, 0.6) is 0 Å². The van der Waals surface area contributed by atoms with E-state index < -0.39 is 130 Å². The van der Waals surface area contributed by atoms with E-state index in [0.29, 0.717) is 0 Å². The highest BCUT2D eigenvalue weighted by atomic mass is 28.4. The zero-order valence-corrected chi connectivity index (χ0v) is 38.4. The Bertz CT molecular complexity index is 260. The molecule has 0 N–H and O–H groups in total. The van der Waals surface area contributed by atoms with E-state index in [1.165, 1.54) is 10.5 Å². The molecule has 0 bridgehead atoms. The lowest BCUT2D eigenvalue weighted by molar-refractivity contribution is 0.357. The lowest BCUT2D eigenvalue weighted by Gasteiger charge is -2.09. The SMILES string of the molecule is [SiH2]O[SiH2]O[SiH2]O[SiH2]O[SiH2]O[SiH2]O[SiH2]O[SiH2]O[SiH2]O[SiH2]O[SiH2]O[SiH2]O[SiH2]O[SiH2]O[SiH3]. The van der Waals surface area contributed by atoms with E-state index in [-0.39, 0.29) is 0 Å². The molecule has 0 saturated carbocycles. The average molecular weight is 677 g/mol. The predicted octanol–water partition coefficient (Wildman–Crippen LogP) is -15.0. The van der Waals surface area contributed by atoms with Gasteiger partial charge < -0.3 is 57.6 Å². The summed E-state index contributed by atoms with van der Waals surface area (Å²) in [6.45, 7) is 0. The minimum Gasteiger partial charge on any atom is -0.449 e. The normalized spacial score (nSPS) is 16.9. The molecule has 175 valence electrons. The minimum absolute atomic E-state index is 0.742. The van der Waals surface area contributed by atoms with Gasteiger partial charge >= 0.3 is 0 Å². The fourth-order valence-electron chi connectivity index (χ4n) is 1.20. The van der Waals surface area contributed by atoms with E-state index in [1.54, 1.807) is 0 Å². The predicted molar refractivity (Wildman–Crippen MR) is 145 cm³/mol. The Balaban J connectivity index is 2.97. The molecular weight excluding hydrogens is 645 g/mol. The molecule has 0 aliphatic carbocycles. The van der Waals surface area contributed by atoms with Gasteiger partial charge in [-0.1, -0.05) is 0 Å². The first-order valence-corrected chi connectivity index (χ1v) is 24.6. The van der Waals surface area contributed by atoms with Gasteiger partial charge in [0.15, 0.2) is 10.5 Å². The Morgan fingerprint density at radius 2 is 0.552 bits per heavy atom. The van der Waals surface area contributed by atoms with E-state index in [0.717, 1.165) is 10.5 Å². The molecule has 14 nitrogen and oxygen atoms in total. The van der Waals surface area contributed by atoms with Gasteiger partial charge in [0.05, 0.1) is 0 Å². The summed E-state index contributed by atoms with van der Waals surface area (Å²) in [7, 11) is -9.87. The summed E-state index contributed by atoms with van der Waals surface area (Å²) in [6.07, 6.45) is 0. The van der Waals surface area contributed by atoms with Crippen LogP contribution in [0.15, 0.2) is 0 Å². The molecule has 0 saturated heterocycles. The van der Waals surface area contributed by atoms with Crippen molar-refractivity contribution in [2.24, 2.45) is 0 Å². The third kappa shape index (κ3) is 30.7. The Kier molecular flexibility index (Phi) is 33.5. The van der Waals surface area contributed by atoms with E-state index in [4.69, 9.17) is 57.6 Å². The third-order valence-electron chi connectivity index (χ3n) is 2.20. The quantitative estimate of drug-likeness (QED) is 0.0636. The standard InChI is InChI=1S/H31O14Si15/c15-1-17-3-19-5-21-7-23-9-25-11-27-13-29-14-28-12-26-10-24-8-22-6-20-4-18-2-16/h15,17-29H2,16H3. The van der Waals surface area contributed by atoms with Crippen molar-refractivity contribution in [1.82, 2.24) is 0 Å². The fraction of sp³-hybridized carbons (Fsp3) is 0. The van der Waals surface area contributed by atoms with Crippen LogP contribution in [0.25, 0.3) is 0 Å². The maximum Gasteiger partial charge on any atom is 0.286 e. The molecule has 0 fully saturated rings. The van der Waals surface area contributed by atoms with Crippen molar-refractivity contribution in [3.63, 3.8) is 0 Å². The summed E-state index contributed by atoms with van der Waals surface area (Å²) in [4.78, 5) is 0. The first-order valence-electron chi connectivity index (χ1n) is 8.20. The molecule has 0 amide bonds. The highest BCUT2D eigenvalue weighted by Gasteiger charge is 1.97. The summed E-state index contributed by atoms with van der Waals surface area (Å²) < 4.78 is 74.5. The molecule has 1 radical (unpaired) electrons. The van der Waals surface area contributed by atoms with Crippen LogP contribution >= 0.6 is 0 Å². The Labute approximate surface area is 207 Å². The van der Waals surface area contributed by atoms with Gasteiger partial charge in [-0.05, 0) is 0 Å². The van der Waals surface area contributed by atoms with Gasteiger partial charge in [-0.3, -0.25) is 0 Å². The van der Waals surface area contributed by atoms with Gasteiger partial charge in [0.25, 0.3) is 130 Å². The van der Waals surface area contributed by atoms with Crippen molar-refractivity contribution < 1.29 is 57.6 Å². The minimum atomic E-state index is -0.994. The van der Waals surface area contributed by atoms with E-state index in [9.17, 15) is 0 Å². The van der Waals surface area contributed by atoms with Gasteiger partial charge in [-0.2, -0.15) is 0 Å². The monoisotopic (exact) mass is 675 g/mol. The maximum absolute atomic E-state index is 5.44. The van der Waals surface area contributed by atoms with Crippen molar-refractivity contribution in [2.75, 3.05) is 0 Å². The Morgan fingerprint density at radius 1 is 0.345 bits per heavy atom. The van der Waals surface area contributed by atoms with Crippen LogP contribution < -0.4 is 0 Å². The van der Waals surface area contributed by atoms with Crippen LogP contribution in [0.3, 0.4) is 0 Å². The van der Waals surface area contributed by atoms with Gasteiger partial charge in [-0.15, -0.1) is 0 Å². The molecule has 0 unspecified atom stereocenters. The number of rotatable bonds is 26. The summed E-state index contributed by atoms with van der Waals surface area (Å²) in [5.74, 6) is 0. The van der Waals surface area contributed by atoms with Crippen molar-refractivity contribution in [1.29, 1.82) is 0 Å². The highest BCUT2D eigenvalue weighted by Crippen LogP contribution is 1.79. The average Bonchev–Trinajstić information content (AvgIpc) is 2.74. The fourth-order valence-corrected chi connectivity index (χ4v) is 25.0. The lowest BCUT2D eigenvalue weighted by Crippen LogP contribution is -2.22. The molecule has 29 heavy (non-hydrogen) atoms. The second-order valence-corrected chi connectivity index (χ2v) is 31.1. The third-order valence-corrected chi connectivity index (χ3v) is 19.8. The van der Waals surface area contributed by atoms with Crippen LogP contribution in [0.1, 0.15) is 0 Å². The molecule has 0 aromatic carbocycles. The molecule has 0 aliphatic rings. The molecule has 0 heterocycles. The van der Waals surface area contributed by atoms with Crippen LogP contribution in [0, 0.1) is 0 Å². The van der Waals surface area contributed by atoms with Crippen molar-refractivity contribution in [3.8, 4) is 0 Å².